The molecule has 3 rings (SSSR count). The summed E-state index contributed by atoms with van der Waals surface area (Å²) in [7, 11) is -2.74. The Morgan fingerprint density at radius 2 is 1.82 bits per heavy atom. The molecule has 0 aromatic rings. The van der Waals surface area contributed by atoms with Crippen LogP contribution < -0.4 is 12.4 Å². The van der Waals surface area contributed by atoms with Gasteiger partial charge in [-0.05, 0) is 12.3 Å². The number of nitrogens with zero attached hydrogens (tertiary/aromatic N) is 1. The minimum absolute atomic E-state index is 0. The molecule has 3 fully saturated rings. The van der Waals surface area contributed by atoms with Crippen molar-refractivity contribution in [3.63, 3.8) is 0 Å². The molecule has 2 aliphatic heterocycles. The number of halogens is 1. The van der Waals surface area contributed by atoms with Crippen molar-refractivity contribution in [3.8, 4) is 0 Å². The van der Waals surface area contributed by atoms with Gasteiger partial charge in [-0.25, -0.2) is 8.42 Å². The van der Waals surface area contributed by atoms with Gasteiger partial charge >= 0.3 is 0 Å². The Morgan fingerprint density at radius 1 is 1.18 bits per heavy atom. The fourth-order valence-electron chi connectivity index (χ4n) is 3.91. The lowest BCUT2D eigenvalue weighted by Crippen LogP contribution is -3.00. The SMILES string of the molecule is O=S1(=O)CC[N+]2(CC1)C[C@H]1C[C@H](CO)[C@H]1C2.[Cl-]. The minimum atomic E-state index is -2.74. The third-order valence-electron chi connectivity index (χ3n) is 5.02. The number of rotatable bonds is 1. The summed E-state index contributed by atoms with van der Waals surface area (Å²) in [6, 6.07) is 0. The lowest BCUT2D eigenvalue weighted by Gasteiger charge is -2.37. The number of hydrogen-bond acceptors (Lipinski definition) is 3. The quantitative estimate of drug-likeness (QED) is 0.508. The predicted molar refractivity (Wildman–Crippen MR) is 60.6 cm³/mol. The summed E-state index contributed by atoms with van der Waals surface area (Å²) in [6.45, 7) is 4.22. The van der Waals surface area contributed by atoms with E-state index in [1.54, 1.807) is 0 Å². The summed E-state index contributed by atoms with van der Waals surface area (Å²) in [4.78, 5) is 0. The molecule has 0 radical (unpaired) electrons. The molecule has 1 N–H and O–H groups in total. The van der Waals surface area contributed by atoms with Crippen LogP contribution in [0.2, 0.25) is 0 Å². The topological polar surface area (TPSA) is 54.4 Å². The monoisotopic (exact) mass is 281 g/mol. The average molecular weight is 282 g/mol. The van der Waals surface area contributed by atoms with Crippen molar-refractivity contribution in [3.05, 3.63) is 0 Å². The van der Waals surface area contributed by atoms with Gasteiger partial charge in [-0.3, -0.25) is 0 Å². The molecule has 0 bridgehead atoms. The second-order valence-electron chi connectivity index (χ2n) is 5.91. The standard InChI is InChI=1S/C11H20NO3S.ClH/c13-8-10-5-9-6-12(7-11(9)10)1-3-16(14,15)4-2-12;/h9-11,13H,1-8H2;1H/q+1;/p-1/t9-,10-,11+;/m1./s1. The van der Waals surface area contributed by atoms with Crippen LogP contribution in [0.5, 0.6) is 0 Å². The van der Waals surface area contributed by atoms with Crippen molar-refractivity contribution in [2.24, 2.45) is 17.8 Å². The molecule has 100 valence electrons. The molecule has 0 aromatic heterocycles. The van der Waals surface area contributed by atoms with Crippen molar-refractivity contribution in [2.45, 2.75) is 6.42 Å². The van der Waals surface area contributed by atoms with Crippen molar-refractivity contribution in [1.82, 2.24) is 0 Å². The molecule has 6 heteroatoms. The maximum Gasteiger partial charge on any atom is 0.161 e. The zero-order valence-electron chi connectivity index (χ0n) is 9.89. The fourth-order valence-corrected chi connectivity index (χ4v) is 5.44. The number of fused-ring (bicyclic) bond motifs is 1. The highest BCUT2D eigenvalue weighted by Crippen LogP contribution is 2.48. The van der Waals surface area contributed by atoms with Crippen LogP contribution in [0.1, 0.15) is 6.42 Å². The van der Waals surface area contributed by atoms with Crippen LogP contribution in [-0.2, 0) is 9.84 Å². The summed E-state index contributed by atoms with van der Waals surface area (Å²) in [6.07, 6.45) is 1.16. The highest BCUT2D eigenvalue weighted by atomic mass is 35.5. The van der Waals surface area contributed by atoms with E-state index >= 15 is 0 Å². The van der Waals surface area contributed by atoms with Crippen molar-refractivity contribution >= 4 is 9.84 Å². The van der Waals surface area contributed by atoms with Gasteiger partial charge in [0.15, 0.2) is 9.84 Å². The normalized spacial score (nSPS) is 41.4. The largest absolute Gasteiger partial charge is 1.00 e. The maximum absolute atomic E-state index is 11.4. The molecule has 4 nitrogen and oxygen atoms in total. The van der Waals surface area contributed by atoms with Crippen LogP contribution in [-0.4, -0.2) is 62.3 Å². The highest BCUT2D eigenvalue weighted by Gasteiger charge is 2.55. The van der Waals surface area contributed by atoms with Crippen LogP contribution in [0.3, 0.4) is 0 Å². The number of hydrogen-bond donors (Lipinski definition) is 1. The summed E-state index contributed by atoms with van der Waals surface area (Å²) in [5, 5.41) is 9.20. The molecule has 2 saturated heterocycles. The lowest BCUT2D eigenvalue weighted by molar-refractivity contribution is -0.915. The molecule has 1 saturated carbocycles. The van der Waals surface area contributed by atoms with E-state index in [-0.39, 0.29) is 12.4 Å². The van der Waals surface area contributed by atoms with Crippen LogP contribution in [0.4, 0.5) is 0 Å². The molecule has 1 spiro atoms. The number of aliphatic hydroxyl groups excluding tert-OH is 1. The minimum Gasteiger partial charge on any atom is -1.00 e. The van der Waals surface area contributed by atoms with Gasteiger partial charge in [0.2, 0.25) is 0 Å². The summed E-state index contributed by atoms with van der Waals surface area (Å²) in [5.74, 6) is 2.68. The summed E-state index contributed by atoms with van der Waals surface area (Å²) < 4.78 is 23.9. The Balaban J connectivity index is 0.00000108. The fraction of sp³-hybridized carbons (Fsp3) is 1.00. The Bertz CT molecular complexity index is 384. The van der Waals surface area contributed by atoms with Gasteiger partial charge in [-0.2, -0.15) is 0 Å². The molecule has 2 heterocycles. The van der Waals surface area contributed by atoms with E-state index in [9.17, 15) is 13.5 Å². The van der Waals surface area contributed by atoms with E-state index in [1.807, 2.05) is 0 Å². The zero-order chi connectivity index (χ0) is 11.4. The lowest BCUT2D eigenvalue weighted by atomic mass is 9.67. The van der Waals surface area contributed by atoms with Crippen molar-refractivity contribution in [1.29, 1.82) is 0 Å². The first kappa shape index (κ1) is 13.6. The second kappa shape index (κ2) is 4.37. The van der Waals surface area contributed by atoms with E-state index in [0.29, 0.717) is 29.9 Å². The molecular formula is C11H20ClNO3S. The van der Waals surface area contributed by atoms with Gasteiger partial charge < -0.3 is 22.0 Å². The van der Waals surface area contributed by atoms with Gasteiger partial charge in [-0.1, -0.05) is 0 Å². The van der Waals surface area contributed by atoms with Crippen LogP contribution in [0.15, 0.2) is 0 Å². The van der Waals surface area contributed by atoms with Crippen LogP contribution in [0.25, 0.3) is 0 Å². The van der Waals surface area contributed by atoms with Gasteiger partial charge in [0.05, 0.1) is 37.7 Å². The van der Waals surface area contributed by atoms with Gasteiger partial charge in [0.1, 0.15) is 0 Å². The highest BCUT2D eigenvalue weighted by molar-refractivity contribution is 7.91. The molecule has 0 aromatic carbocycles. The summed E-state index contributed by atoms with van der Waals surface area (Å²) >= 11 is 0. The Kier molecular flexibility index (Phi) is 3.49. The van der Waals surface area contributed by atoms with Crippen molar-refractivity contribution < 1.29 is 30.4 Å². The maximum atomic E-state index is 11.4. The van der Waals surface area contributed by atoms with Crippen LogP contribution >= 0.6 is 0 Å². The second-order valence-corrected chi connectivity index (χ2v) is 8.21. The van der Waals surface area contributed by atoms with E-state index in [2.05, 4.69) is 0 Å². The molecule has 1 aliphatic carbocycles. The number of aliphatic hydroxyl groups is 1. The number of sulfone groups is 1. The molecule has 0 unspecified atom stereocenters. The smallest absolute Gasteiger partial charge is 0.161 e. The van der Waals surface area contributed by atoms with Crippen LogP contribution in [0, 0.1) is 17.8 Å². The van der Waals surface area contributed by atoms with E-state index in [4.69, 9.17) is 0 Å². The third kappa shape index (κ3) is 2.23. The third-order valence-corrected chi connectivity index (χ3v) is 6.63. The first-order valence-corrected chi connectivity index (χ1v) is 8.02. The molecule has 3 aliphatic rings. The molecule has 3 atom stereocenters. The van der Waals surface area contributed by atoms with E-state index in [1.165, 1.54) is 0 Å². The average Bonchev–Trinajstić information content (AvgIpc) is 2.50. The molecule has 0 amide bonds. The summed E-state index contributed by atoms with van der Waals surface area (Å²) in [5.41, 5.74) is 0. The predicted octanol–water partition coefficient (Wildman–Crippen LogP) is -3.51. The van der Waals surface area contributed by atoms with E-state index < -0.39 is 9.84 Å². The Morgan fingerprint density at radius 3 is 2.41 bits per heavy atom. The number of quaternary nitrogens is 1. The van der Waals surface area contributed by atoms with E-state index in [0.717, 1.165) is 43.0 Å². The van der Waals surface area contributed by atoms with Gasteiger partial charge in [0, 0.05) is 18.4 Å². The first-order valence-electron chi connectivity index (χ1n) is 6.20. The van der Waals surface area contributed by atoms with Gasteiger partial charge in [0.25, 0.3) is 0 Å². The Labute approximate surface area is 109 Å². The zero-order valence-corrected chi connectivity index (χ0v) is 11.5. The Hall–Kier alpha value is 0.160. The molecular weight excluding hydrogens is 262 g/mol. The molecule has 17 heavy (non-hydrogen) atoms. The van der Waals surface area contributed by atoms with Crippen molar-refractivity contribution in [2.75, 3.05) is 44.3 Å². The first-order chi connectivity index (χ1) is 7.54. The van der Waals surface area contributed by atoms with Gasteiger partial charge in [-0.15, -0.1) is 0 Å².